The lowest BCUT2D eigenvalue weighted by Gasteiger charge is -2.35. The maximum absolute atomic E-state index is 14.1. The lowest BCUT2D eigenvalue weighted by molar-refractivity contribution is -0.140. The Morgan fingerprint density at radius 1 is 0.952 bits per heavy atom. The predicted molar refractivity (Wildman–Crippen MR) is 165 cm³/mol. The molecule has 3 aromatic rings. The monoisotopic (exact) mass is 633 g/mol. The molecule has 0 saturated heterocycles. The van der Waals surface area contributed by atoms with Crippen molar-refractivity contribution in [1.29, 1.82) is 0 Å². The minimum absolute atomic E-state index is 0.00677. The number of benzene rings is 3. The lowest BCUT2D eigenvalue weighted by atomic mass is 9.94. The van der Waals surface area contributed by atoms with Crippen LogP contribution in [0.25, 0.3) is 0 Å². The van der Waals surface area contributed by atoms with E-state index in [0.717, 1.165) is 48.2 Å². The first-order chi connectivity index (χ1) is 20.0. The van der Waals surface area contributed by atoms with E-state index in [4.69, 9.17) is 23.2 Å². The Kier molecular flexibility index (Phi) is 10.9. The van der Waals surface area contributed by atoms with Gasteiger partial charge in [-0.3, -0.25) is 13.9 Å². The van der Waals surface area contributed by atoms with Crippen LogP contribution < -0.4 is 9.62 Å². The molecule has 42 heavy (non-hydrogen) atoms. The van der Waals surface area contributed by atoms with Crippen LogP contribution in [0.2, 0.25) is 10.0 Å². The smallest absolute Gasteiger partial charge is 0.244 e. The molecular weight excluding hydrogens is 600 g/mol. The highest BCUT2D eigenvalue weighted by Crippen LogP contribution is 2.31. The predicted octanol–water partition coefficient (Wildman–Crippen LogP) is 5.99. The van der Waals surface area contributed by atoms with Crippen LogP contribution in [0, 0.1) is 5.82 Å². The number of carbonyl (C=O) groups is 2. The third-order valence-corrected chi connectivity index (χ3v) is 9.01. The molecule has 7 nitrogen and oxygen atoms in total. The molecule has 0 aliphatic heterocycles. The highest BCUT2D eigenvalue weighted by molar-refractivity contribution is 7.92. The zero-order valence-corrected chi connectivity index (χ0v) is 25.6. The first-order valence-corrected chi connectivity index (χ1v) is 16.4. The van der Waals surface area contributed by atoms with Crippen molar-refractivity contribution in [3.63, 3.8) is 0 Å². The van der Waals surface area contributed by atoms with Crippen LogP contribution in [-0.4, -0.2) is 50.0 Å². The average Bonchev–Trinajstić information content (AvgIpc) is 2.95. The summed E-state index contributed by atoms with van der Waals surface area (Å²) in [4.78, 5) is 29.4. The van der Waals surface area contributed by atoms with Crippen molar-refractivity contribution in [2.24, 2.45) is 0 Å². The standard InChI is InChI=1S/C31H34Cl2FN3O4S/c1-42(40,41)37(28-17-14-24(32)19-27(28)33)21-30(38)36(20-23-12-15-25(34)16-13-23)29(18-22-8-4-2-5-9-22)31(39)35-26-10-6-3-7-11-26/h2,4-5,8-9,12-17,19,26,29H,3,6-7,10-11,18,20-21H2,1H3,(H,35,39)/t29-/m1/s1. The van der Waals surface area contributed by atoms with Gasteiger partial charge >= 0.3 is 0 Å². The van der Waals surface area contributed by atoms with Crippen LogP contribution in [0.5, 0.6) is 0 Å². The zero-order chi connectivity index (χ0) is 30.3. The maximum Gasteiger partial charge on any atom is 0.244 e. The van der Waals surface area contributed by atoms with E-state index in [9.17, 15) is 22.4 Å². The molecule has 3 aromatic carbocycles. The summed E-state index contributed by atoms with van der Waals surface area (Å²) >= 11 is 12.4. The third-order valence-electron chi connectivity index (χ3n) is 7.35. The summed E-state index contributed by atoms with van der Waals surface area (Å²) in [5.41, 5.74) is 1.51. The van der Waals surface area contributed by atoms with Gasteiger partial charge in [0.05, 0.1) is 17.0 Å². The van der Waals surface area contributed by atoms with Crippen LogP contribution in [0.15, 0.2) is 72.8 Å². The first kappa shape index (κ1) is 31.8. The van der Waals surface area contributed by atoms with Gasteiger partial charge in [-0.2, -0.15) is 0 Å². The molecule has 1 aliphatic carbocycles. The van der Waals surface area contributed by atoms with Crippen LogP contribution >= 0.6 is 23.2 Å². The number of carbonyl (C=O) groups excluding carboxylic acids is 2. The van der Waals surface area contributed by atoms with Gasteiger partial charge in [0.1, 0.15) is 18.4 Å². The number of nitrogens with one attached hydrogen (secondary N) is 1. The summed E-state index contributed by atoms with van der Waals surface area (Å²) in [6.07, 6.45) is 6.03. The van der Waals surface area contributed by atoms with Crippen molar-refractivity contribution < 1.29 is 22.4 Å². The van der Waals surface area contributed by atoms with Crippen LogP contribution in [-0.2, 0) is 32.6 Å². The molecular formula is C31H34Cl2FN3O4S. The second-order valence-electron chi connectivity index (χ2n) is 10.6. The molecule has 0 bridgehead atoms. The van der Waals surface area contributed by atoms with E-state index in [2.05, 4.69) is 5.32 Å². The fraction of sp³-hybridized carbons (Fsp3) is 0.355. The number of rotatable bonds is 11. The van der Waals surface area contributed by atoms with Crippen molar-refractivity contribution in [3.05, 3.63) is 99.8 Å². The van der Waals surface area contributed by atoms with Gasteiger partial charge in [0.15, 0.2) is 0 Å². The molecule has 224 valence electrons. The Hall–Kier alpha value is -3.14. The summed E-state index contributed by atoms with van der Waals surface area (Å²) < 4.78 is 40.5. The number of nitrogens with zero attached hydrogens (tertiary/aromatic N) is 2. The number of halogens is 3. The minimum atomic E-state index is -3.98. The Morgan fingerprint density at radius 2 is 1.62 bits per heavy atom. The van der Waals surface area contributed by atoms with Gasteiger partial charge in [0.2, 0.25) is 21.8 Å². The summed E-state index contributed by atoms with van der Waals surface area (Å²) in [6, 6.07) is 18.3. The van der Waals surface area contributed by atoms with E-state index in [-0.39, 0.29) is 35.6 Å². The molecule has 0 unspecified atom stereocenters. The number of hydrogen-bond acceptors (Lipinski definition) is 4. The number of sulfonamides is 1. The van der Waals surface area contributed by atoms with Gasteiger partial charge in [0.25, 0.3) is 0 Å². The molecule has 0 heterocycles. The second kappa shape index (κ2) is 14.4. The van der Waals surface area contributed by atoms with Gasteiger partial charge in [-0.05, 0) is 54.3 Å². The van der Waals surface area contributed by atoms with E-state index < -0.39 is 34.3 Å². The molecule has 2 amide bonds. The van der Waals surface area contributed by atoms with Crippen molar-refractivity contribution in [1.82, 2.24) is 10.2 Å². The fourth-order valence-electron chi connectivity index (χ4n) is 5.16. The second-order valence-corrected chi connectivity index (χ2v) is 13.3. The molecule has 0 aromatic heterocycles. The quantitative estimate of drug-likeness (QED) is 0.281. The number of amides is 2. The van der Waals surface area contributed by atoms with Crippen LogP contribution in [0.4, 0.5) is 10.1 Å². The summed E-state index contributed by atoms with van der Waals surface area (Å²) in [5, 5.41) is 3.51. The van der Waals surface area contributed by atoms with E-state index in [1.54, 1.807) is 12.1 Å². The normalized spacial score (nSPS) is 14.7. The number of hydrogen-bond donors (Lipinski definition) is 1. The topological polar surface area (TPSA) is 86.8 Å². The Morgan fingerprint density at radius 3 is 2.24 bits per heavy atom. The molecule has 11 heteroatoms. The van der Waals surface area contributed by atoms with Gasteiger partial charge < -0.3 is 10.2 Å². The van der Waals surface area contributed by atoms with E-state index in [0.29, 0.717) is 10.6 Å². The summed E-state index contributed by atoms with van der Waals surface area (Å²) in [5.74, 6) is -1.37. The Labute approximate surface area is 256 Å². The molecule has 1 N–H and O–H groups in total. The van der Waals surface area contributed by atoms with Gasteiger partial charge in [0, 0.05) is 24.0 Å². The average molecular weight is 635 g/mol. The van der Waals surface area contributed by atoms with Crippen molar-refractivity contribution in [3.8, 4) is 0 Å². The lowest BCUT2D eigenvalue weighted by Crippen LogP contribution is -2.55. The molecule has 1 atom stereocenters. The maximum atomic E-state index is 14.1. The van der Waals surface area contributed by atoms with Crippen LogP contribution in [0.3, 0.4) is 0 Å². The highest BCUT2D eigenvalue weighted by atomic mass is 35.5. The SMILES string of the molecule is CS(=O)(=O)N(CC(=O)N(Cc1ccc(F)cc1)[C@H](Cc1ccccc1)C(=O)NC1CCCCC1)c1ccc(Cl)cc1Cl. The molecule has 0 radical (unpaired) electrons. The van der Waals surface area contributed by atoms with Gasteiger partial charge in [-0.15, -0.1) is 0 Å². The molecule has 1 saturated carbocycles. The third kappa shape index (κ3) is 8.69. The molecule has 1 fully saturated rings. The molecule has 0 spiro atoms. The fourth-order valence-corrected chi connectivity index (χ4v) is 6.59. The van der Waals surface area contributed by atoms with E-state index in [1.807, 2.05) is 30.3 Å². The highest BCUT2D eigenvalue weighted by Gasteiger charge is 2.34. The van der Waals surface area contributed by atoms with Crippen LogP contribution in [0.1, 0.15) is 43.2 Å². The van der Waals surface area contributed by atoms with Crippen molar-refractivity contribution in [2.45, 2.75) is 57.2 Å². The summed E-state index contributed by atoms with van der Waals surface area (Å²) in [7, 11) is -3.98. The van der Waals surface area contributed by atoms with Crippen molar-refractivity contribution in [2.75, 3.05) is 17.1 Å². The van der Waals surface area contributed by atoms with E-state index in [1.165, 1.54) is 35.2 Å². The Bertz CT molecular complexity index is 1480. The summed E-state index contributed by atoms with van der Waals surface area (Å²) in [6.45, 7) is -0.649. The van der Waals surface area contributed by atoms with E-state index >= 15 is 0 Å². The molecule has 4 rings (SSSR count). The van der Waals surface area contributed by atoms with Crippen molar-refractivity contribution >= 4 is 50.7 Å². The largest absolute Gasteiger partial charge is 0.352 e. The molecule has 1 aliphatic rings. The number of anilines is 1. The Balaban J connectivity index is 1.73. The van der Waals surface area contributed by atoms with Gasteiger partial charge in [-0.1, -0.05) is 84.9 Å². The van der Waals surface area contributed by atoms with Gasteiger partial charge in [-0.25, -0.2) is 12.8 Å². The first-order valence-electron chi connectivity index (χ1n) is 13.8. The zero-order valence-electron chi connectivity index (χ0n) is 23.3. The minimum Gasteiger partial charge on any atom is -0.352 e.